The van der Waals surface area contributed by atoms with Crippen molar-refractivity contribution in [3.8, 4) is 0 Å². The molecule has 0 aromatic heterocycles. The van der Waals surface area contributed by atoms with Gasteiger partial charge in [-0.25, -0.2) is 4.57 Å². The molecule has 0 rings (SSSR count). The van der Waals surface area contributed by atoms with Crippen LogP contribution in [0, 0.1) is 0 Å². The van der Waals surface area contributed by atoms with Gasteiger partial charge in [0.2, 0.25) is 0 Å². The average molecular weight is 897 g/mol. The number of phosphoric acid groups is 1. The van der Waals surface area contributed by atoms with E-state index >= 15 is 0 Å². The van der Waals surface area contributed by atoms with Gasteiger partial charge in [-0.05, 0) is 44.9 Å². The van der Waals surface area contributed by atoms with Crippen LogP contribution in [0.3, 0.4) is 0 Å². The van der Waals surface area contributed by atoms with Gasteiger partial charge in [0.05, 0.1) is 27.7 Å². The fraction of sp³-hybridized carbons (Fsp3) is 0.846. The monoisotopic (exact) mass is 897 g/mol. The molecule has 0 fully saturated rings. The fourth-order valence-corrected chi connectivity index (χ4v) is 7.95. The Labute approximate surface area is 382 Å². The number of phosphoric ester groups is 1. The smallest absolute Gasteiger partial charge is 0.462 e. The number of hydrogen-bond donors (Lipinski definition) is 1. The Hall–Kier alpha value is -1.77. The van der Waals surface area contributed by atoms with E-state index in [-0.39, 0.29) is 32.0 Å². The van der Waals surface area contributed by atoms with E-state index in [2.05, 4.69) is 50.3 Å². The summed E-state index contributed by atoms with van der Waals surface area (Å²) in [6.07, 6.45) is 52.2. The summed E-state index contributed by atoms with van der Waals surface area (Å²) in [5.74, 6) is -0.824. The Balaban J connectivity index is 4.13. The van der Waals surface area contributed by atoms with Crippen molar-refractivity contribution < 1.29 is 42.1 Å². The largest absolute Gasteiger partial charge is 0.472 e. The van der Waals surface area contributed by atoms with Crippen molar-refractivity contribution >= 4 is 19.8 Å². The number of ether oxygens (including phenoxy) is 2. The zero-order valence-corrected chi connectivity index (χ0v) is 42.0. The van der Waals surface area contributed by atoms with Crippen LogP contribution in [0.5, 0.6) is 0 Å². The van der Waals surface area contributed by atoms with E-state index < -0.39 is 26.5 Å². The summed E-state index contributed by atoms with van der Waals surface area (Å²) >= 11 is 0. The normalized spacial score (nSPS) is 13.7. The van der Waals surface area contributed by atoms with Crippen molar-refractivity contribution in [3.63, 3.8) is 0 Å². The number of rotatable bonds is 47. The van der Waals surface area contributed by atoms with Crippen molar-refractivity contribution in [1.82, 2.24) is 0 Å². The fourth-order valence-electron chi connectivity index (χ4n) is 7.21. The molecule has 0 radical (unpaired) electrons. The second kappa shape index (κ2) is 44.4. The molecule has 364 valence electrons. The van der Waals surface area contributed by atoms with Crippen LogP contribution in [-0.2, 0) is 32.7 Å². The highest BCUT2D eigenvalue weighted by Gasteiger charge is 2.27. The first kappa shape index (κ1) is 60.2. The molecule has 0 aliphatic heterocycles. The summed E-state index contributed by atoms with van der Waals surface area (Å²) in [6, 6.07) is 0. The van der Waals surface area contributed by atoms with Crippen molar-refractivity contribution in [2.24, 2.45) is 0 Å². The molecule has 0 aromatic carbocycles. The Morgan fingerprint density at radius 1 is 0.516 bits per heavy atom. The van der Waals surface area contributed by atoms with E-state index in [1.54, 1.807) is 0 Å². The van der Waals surface area contributed by atoms with Gasteiger partial charge >= 0.3 is 19.8 Å². The minimum Gasteiger partial charge on any atom is -0.462 e. The average Bonchev–Trinajstić information content (AvgIpc) is 3.23. The van der Waals surface area contributed by atoms with E-state index in [9.17, 15) is 19.0 Å². The predicted octanol–water partition coefficient (Wildman–Crippen LogP) is 15.3. The minimum atomic E-state index is -4.38. The highest BCUT2D eigenvalue weighted by atomic mass is 31.2. The van der Waals surface area contributed by atoms with Crippen molar-refractivity contribution in [2.45, 2.75) is 238 Å². The maximum atomic E-state index is 12.7. The van der Waals surface area contributed by atoms with E-state index in [4.69, 9.17) is 18.5 Å². The highest BCUT2D eigenvalue weighted by Crippen LogP contribution is 2.43. The molecule has 0 bridgehead atoms. The van der Waals surface area contributed by atoms with Crippen LogP contribution in [0.4, 0.5) is 0 Å². The van der Waals surface area contributed by atoms with Crippen LogP contribution in [0.1, 0.15) is 232 Å². The lowest BCUT2D eigenvalue weighted by Crippen LogP contribution is -2.37. The third-order valence-corrected chi connectivity index (χ3v) is 12.2. The molecule has 0 spiro atoms. The second-order valence-corrected chi connectivity index (χ2v) is 20.0. The number of quaternary nitrogens is 1. The Morgan fingerprint density at radius 3 is 1.37 bits per heavy atom. The van der Waals surface area contributed by atoms with Gasteiger partial charge in [-0.15, -0.1) is 0 Å². The maximum absolute atomic E-state index is 12.7. The molecule has 62 heavy (non-hydrogen) atoms. The third-order valence-electron chi connectivity index (χ3n) is 11.2. The van der Waals surface area contributed by atoms with Gasteiger partial charge < -0.3 is 18.9 Å². The molecular weight excluding hydrogens is 798 g/mol. The number of unbranched alkanes of at least 4 members (excludes halogenated alkanes) is 27. The second-order valence-electron chi connectivity index (χ2n) is 18.5. The Morgan fingerprint density at radius 2 is 0.919 bits per heavy atom. The van der Waals surface area contributed by atoms with Gasteiger partial charge in [0.1, 0.15) is 19.8 Å². The Bertz CT molecular complexity index is 1150. The molecule has 2 atom stereocenters. The highest BCUT2D eigenvalue weighted by molar-refractivity contribution is 7.47. The molecule has 0 saturated carbocycles. The first-order valence-electron chi connectivity index (χ1n) is 25.7. The molecule has 2 unspecified atom stereocenters. The molecule has 0 saturated heterocycles. The summed E-state index contributed by atoms with van der Waals surface area (Å²) in [5.41, 5.74) is 0. The summed E-state index contributed by atoms with van der Waals surface area (Å²) in [4.78, 5) is 35.5. The summed E-state index contributed by atoms with van der Waals surface area (Å²) in [6.45, 7) is 4.30. The molecule has 0 aliphatic rings. The zero-order chi connectivity index (χ0) is 45.7. The van der Waals surface area contributed by atoms with Gasteiger partial charge in [-0.2, -0.15) is 0 Å². The number of likely N-dealkylation sites (N-methyl/N-ethyl adjacent to an activating group) is 1. The van der Waals surface area contributed by atoms with Crippen molar-refractivity contribution in [1.29, 1.82) is 0 Å². The van der Waals surface area contributed by atoms with Crippen molar-refractivity contribution in [2.75, 3.05) is 47.5 Å². The van der Waals surface area contributed by atoms with E-state index in [1.165, 1.54) is 141 Å². The molecule has 0 aromatic rings. The summed E-state index contributed by atoms with van der Waals surface area (Å²) in [7, 11) is 1.46. The van der Waals surface area contributed by atoms with Gasteiger partial charge in [-0.3, -0.25) is 18.6 Å². The lowest BCUT2D eigenvalue weighted by atomic mass is 10.0. The van der Waals surface area contributed by atoms with Gasteiger partial charge in [0, 0.05) is 12.8 Å². The van der Waals surface area contributed by atoms with Crippen LogP contribution >= 0.6 is 7.82 Å². The van der Waals surface area contributed by atoms with Gasteiger partial charge in [-0.1, -0.05) is 211 Å². The lowest BCUT2D eigenvalue weighted by molar-refractivity contribution is -0.870. The number of carbonyl (C=O) groups excluding carboxylic acids is 2. The number of hydrogen-bond acceptors (Lipinski definition) is 7. The summed E-state index contributed by atoms with van der Waals surface area (Å²) in [5, 5.41) is 0. The predicted molar refractivity (Wildman–Crippen MR) is 261 cm³/mol. The molecule has 10 heteroatoms. The van der Waals surface area contributed by atoms with Crippen molar-refractivity contribution in [3.05, 3.63) is 36.5 Å². The SMILES string of the molecule is CC/C=C\C/C=C\C/C=C\CCCCCC(=O)OC(COC(=O)CCCCCCCCCCCCCCCCCCCCCCCCCCC)COP(=O)(O)OCC[N+](C)(C)C. The molecule has 0 aliphatic carbocycles. The first-order chi connectivity index (χ1) is 30.0. The number of nitrogens with zero attached hydrogens (tertiary/aromatic N) is 1. The number of esters is 2. The van der Waals surface area contributed by atoms with Crippen LogP contribution in [0.2, 0.25) is 0 Å². The minimum absolute atomic E-state index is 0.0266. The zero-order valence-electron chi connectivity index (χ0n) is 41.1. The molecular formula is C52H99NO8P+. The van der Waals surface area contributed by atoms with Crippen LogP contribution in [0.15, 0.2) is 36.5 Å². The van der Waals surface area contributed by atoms with E-state index in [1.807, 2.05) is 21.1 Å². The topological polar surface area (TPSA) is 108 Å². The van der Waals surface area contributed by atoms with E-state index in [0.717, 1.165) is 57.8 Å². The molecule has 0 amide bonds. The number of carbonyl (C=O) groups is 2. The molecule has 1 N–H and O–H groups in total. The number of allylic oxidation sites excluding steroid dienone is 6. The maximum Gasteiger partial charge on any atom is 0.472 e. The molecule has 0 heterocycles. The standard InChI is InChI=1S/C52H98NO8P/c1-6-8-10-12-14-16-18-20-21-22-23-24-25-26-27-28-29-30-31-33-34-36-38-40-42-44-51(54)58-48-50(49-60-62(56,57)59-47-46-53(3,4)5)61-52(55)45-43-41-39-37-35-32-19-17-15-13-11-9-7-2/h9,11,15,17,32,35,50H,6-8,10,12-14,16,18-31,33-34,36-49H2,1-5H3/p+1/b11-9-,17-15-,35-32-. The van der Waals surface area contributed by atoms with E-state index in [0.29, 0.717) is 17.4 Å². The van der Waals surface area contributed by atoms with Crippen LogP contribution in [-0.4, -0.2) is 74.9 Å². The van der Waals surface area contributed by atoms with Crippen LogP contribution in [0.25, 0.3) is 0 Å². The lowest BCUT2D eigenvalue weighted by Gasteiger charge is -2.24. The summed E-state index contributed by atoms with van der Waals surface area (Å²) < 4.78 is 34.4. The quantitative estimate of drug-likeness (QED) is 0.0212. The Kier molecular flexibility index (Phi) is 43.2. The van der Waals surface area contributed by atoms with Gasteiger partial charge in [0.15, 0.2) is 6.10 Å². The van der Waals surface area contributed by atoms with Gasteiger partial charge in [0.25, 0.3) is 0 Å². The third kappa shape index (κ3) is 47.7. The first-order valence-corrected chi connectivity index (χ1v) is 27.2. The molecule has 9 nitrogen and oxygen atoms in total. The van der Waals surface area contributed by atoms with Crippen LogP contribution < -0.4 is 0 Å².